The van der Waals surface area contributed by atoms with Crippen LogP contribution in [0.2, 0.25) is 0 Å². The lowest BCUT2D eigenvalue weighted by Gasteiger charge is -2.33. The zero-order chi connectivity index (χ0) is 14.4. The highest BCUT2D eigenvalue weighted by molar-refractivity contribution is 4.89. The molecule has 3 atom stereocenters. The number of hydrogen-bond donors (Lipinski definition) is 2. The first-order chi connectivity index (χ1) is 9.80. The Morgan fingerprint density at radius 1 is 0.900 bits per heavy atom. The Hall–Kier alpha value is -0.160. The highest BCUT2D eigenvalue weighted by Crippen LogP contribution is 2.20. The van der Waals surface area contributed by atoms with Crippen molar-refractivity contribution in [3.05, 3.63) is 0 Å². The average Bonchev–Trinajstić information content (AvgIpc) is 3.13. The average molecular weight is 282 g/mol. The van der Waals surface area contributed by atoms with Gasteiger partial charge >= 0.3 is 0 Å². The van der Waals surface area contributed by atoms with Crippen LogP contribution in [0.25, 0.3) is 0 Å². The smallest absolute Gasteiger partial charge is 0.0261 e. The van der Waals surface area contributed by atoms with E-state index in [2.05, 4.69) is 41.2 Å². The highest BCUT2D eigenvalue weighted by Gasteiger charge is 2.31. The van der Waals surface area contributed by atoms with Crippen LogP contribution in [0.1, 0.15) is 33.6 Å². The molecule has 2 rings (SSSR count). The van der Waals surface area contributed by atoms with E-state index in [-0.39, 0.29) is 0 Å². The van der Waals surface area contributed by atoms with Gasteiger partial charge in [0.15, 0.2) is 0 Å². The number of rotatable bonds is 8. The maximum atomic E-state index is 3.61. The lowest BCUT2D eigenvalue weighted by molar-refractivity contribution is 0.156. The lowest BCUT2D eigenvalue weighted by Crippen LogP contribution is -2.43. The molecule has 4 nitrogen and oxygen atoms in total. The Kier molecular flexibility index (Phi) is 6.75. The van der Waals surface area contributed by atoms with Gasteiger partial charge in [-0.25, -0.2) is 0 Å². The molecule has 0 amide bonds. The molecular weight excluding hydrogens is 248 g/mol. The number of nitrogens with one attached hydrogen (secondary N) is 2. The summed E-state index contributed by atoms with van der Waals surface area (Å²) in [6, 6.07) is 1.53. The third kappa shape index (κ3) is 3.94. The number of nitrogens with zero attached hydrogens (tertiary/aromatic N) is 2. The van der Waals surface area contributed by atoms with Crippen LogP contribution in [0, 0.1) is 5.92 Å². The van der Waals surface area contributed by atoms with Crippen LogP contribution in [0.15, 0.2) is 0 Å². The molecule has 0 aromatic heterocycles. The van der Waals surface area contributed by atoms with Gasteiger partial charge in [-0.05, 0) is 58.0 Å². The zero-order valence-electron chi connectivity index (χ0n) is 13.7. The van der Waals surface area contributed by atoms with Crippen molar-refractivity contribution in [2.45, 2.75) is 45.7 Å². The number of likely N-dealkylation sites (N-methyl/N-ethyl adjacent to an activating group) is 2. The molecule has 20 heavy (non-hydrogen) atoms. The van der Waals surface area contributed by atoms with Gasteiger partial charge in [-0.3, -0.25) is 9.80 Å². The van der Waals surface area contributed by atoms with Gasteiger partial charge in [-0.15, -0.1) is 0 Å². The van der Waals surface area contributed by atoms with Crippen molar-refractivity contribution in [3.8, 4) is 0 Å². The molecular formula is C16H34N4. The van der Waals surface area contributed by atoms with E-state index in [1.54, 1.807) is 0 Å². The third-order valence-electron chi connectivity index (χ3n) is 5.33. The largest absolute Gasteiger partial charge is 0.315 e. The summed E-state index contributed by atoms with van der Waals surface area (Å²) in [5.41, 5.74) is 0. The molecule has 2 fully saturated rings. The predicted octanol–water partition coefficient (Wildman–Crippen LogP) is 0.990. The van der Waals surface area contributed by atoms with Gasteiger partial charge in [0.2, 0.25) is 0 Å². The van der Waals surface area contributed by atoms with Crippen molar-refractivity contribution in [1.29, 1.82) is 0 Å². The molecule has 4 heteroatoms. The normalized spacial score (nSPS) is 30.8. The maximum Gasteiger partial charge on any atom is 0.0261 e. The molecule has 2 aliphatic rings. The Morgan fingerprint density at radius 2 is 1.65 bits per heavy atom. The van der Waals surface area contributed by atoms with Crippen molar-refractivity contribution in [2.75, 3.05) is 52.4 Å². The van der Waals surface area contributed by atoms with Crippen LogP contribution in [0.3, 0.4) is 0 Å². The van der Waals surface area contributed by atoms with E-state index < -0.39 is 0 Å². The second kappa shape index (κ2) is 8.32. The first kappa shape index (κ1) is 16.2. The van der Waals surface area contributed by atoms with Crippen LogP contribution >= 0.6 is 0 Å². The molecule has 2 N–H and O–H groups in total. The second-order valence-corrected chi connectivity index (χ2v) is 6.27. The minimum absolute atomic E-state index is 0.755. The van der Waals surface area contributed by atoms with E-state index in [0.29, 0.717) is 0 Å². The summed E-state index contributed by atoms with van der Waals surface area (Å²) in [6.07, 6.45) is 2.68. The fourth-order valence-electron chi connectivity index (χ4n) is 4.02. The van der Waals surface area contributed by atoms with E-state index in [1.807, 2.05) is 0 Å². The Labute approximate surface area is 125 Å². The molecule has 2 aliphatic heterocycles. The highest BCUT2D eigenvalue weighted by atomic mass is 15.2. The summed E-state index contributed by atoms with van der Waals surface area (Å²) in [5, 5.41) is 7.11. The number of hydrogen-bond acceptors (Lipinski definition) is 4. The monoisotopic (exact) mass is 282 g/mol. The summed E-state index contributed by atoms with van der Waals surface area (Å²) in [4.78, 5) is 5.33. The van der Waals surface area contributed by atoms with E-state index >= 15 is 0 Å². The van der Waals surface area contributed by atoms with Crippen molar-refractivity contribution in [2.24, 2.45) is 5.92 Å². The van der Waals surface area contributed by atoms with Gasteiger partial charge in [0.1, 0.15) is 0 Å². The summed E-state index contributed by atoms with van der Waals surface area (Å²) in [5.74, 6) is 0.832. The summed E-state index contributed by atoms with van der Waals surface area (Å²) in [6.45, 7) is 16.5. The van der Waals surface area contributed by atoms with E-state index in [1.165, 1.54) is 65.2 Å². The molecule has 0 aliphatic carbocycles. The van der Waals surface area contributed by atoms with Crippen LogP contribution in [-0.2, 0) is 0 Å². The minimum atomic E-state index is 0.755. The molecule has 0 aromatic carbocycles. The Bertz CT molecular complexity index is 261. The van der Waals surface area contributed by atoms with Gasteiger partial charge in [0.25, 0.3) is 0 Å². The Morgan fingerprint density at radius 3 is 2.25 bits per heavy atom. The topological polar surface area (TPSA) is 30.5 Å². The molecule has 0 radical (unpaired) electrons. The van der Waals surface area contributed by atoms with Gasteiger partial charge in [-0.1, -0.05) is 20.8 Å². The summed E-state index contributed by atoms with van der Waals surface area (Å²) < 4.78 is 0. The summed E-state index contributed by atoms with van der Waals surface area (Å²) >= 11 is 0. The fraction of sp³-hybridized carbons (Fsp3) is 1.00. The Balaban J connectivity index is 1.81. The molecule has 2 unspecified atom stereocenters. The fourth-order valence-corrected chi connectivity index (χ4v) is 4.02. The maximum absolute atomic E-state index is 3.61. The lowest BCUT2D eigenvalue weighted by atomic mass is 9.97. The molecule has 0 saturated carbocycles. The van der Waals surface area contributed by atoms with E-state index in [9.17, 15) is 0 Å². The second-order valence-electron chi connectivity index (χ2n) is 6.27. The quantitative estimate of drug-likeness (QED) is 0.695. The van der Waals surface area contributed by atoms with Crippen molar-refractivity contribution in [3.63, 3.8) is 0 Å². The van der Waals surface area contributed by atoms with Crippen LogP contribution in [-0.4, -0.2) is 74.2 Å². The standard InChI is InChI=1S/C16H34N4/c1-4-19(5-2)16-13-18-11-14(16)8-10-20(6-3)15-7-9-17-12-15/h14-18H,4-13H2,1-3H3/t14?,15-,16?/m1/s1. The van der Waals surface area contributed by atoms with Crippen LogP contribution < -0.4 is 10.6 Å². The van der Waals surface area contributed by atoms with Gasteiger partial charge in [0, 0.05) is 25.2 Å². The predicted molar refractivity (Wildman–Crippen MR) is 86.2 cm³/mol. The van der Waals surface area contributed by atoms with Crippen LogP contribution in [0.5, 0.6) is 0 Å². The molecule has 0 spiro atoms. The first-order valence-electron chi connectivity index (χ1n) is 8.69. The van der Waals surface area contributed by atoms with Gasteiger partial charge in [-0.2, -0.15) is 0 Å². The molecule has 118 valence electrons. The van der Waals surface area contributed by atoms with Gasteiger partial charge < -0.3 is 10.6 Å². The van der Waals surface area contributed by atoms with E-state index in [0.717, 1.165) is 18.0 Å². The third-order valence-corrected chi connectivity index (χ3v) is 5.33. The molecule has 0 bridgehead atoms. The first-order valence-corrected chi connectivity index (χ1v) is 8.69. The van der Waals surface area contributed by atoms with Crippen LogP contribution in [0.4, 0.5) is 0 Å². The van der Waals surface area contributed by atoms with Gasteiger partial charge in [0.05, 0.1) is 0 Å². The van der Waals surface area contributed by atoms with Crippen molar-refractivity contribution < 1.29 is 0 Å². The van der Waals surface area contributed by atoms with E-state index in [4.69, 9.17) is 0 Å². The van der Waals surface area contributed by atoms with Crippen molar-refractivity contribution in [1.82, 2.24) is 20.4 Å². The van der Waals surface area contributed by atoms with Crippen molar-refractivity contribution >= 4 is 0 Å². The zero-order valence-corrected chi connectivity index (χ0v) is 13.7. The molecule has 2 heterocycles. The SMILES string of the molecule is CCN(CC)C1CNCC1CCN(CC)[C@@H]1CCNC1. The minimum Gasteiger partial charge on any atom is -0.315 e. The molecule has 0 aromatic rings. The summed E-state index contributed by atoms with van der Waals surface area (Å²) in [7, 11) is 0. The molecule has 2 saturated heterocycles.